The first-order valence-corrected chi connectivity index (χ1v) is 19.3. The summed E-state index contributed by atoms with van der Waals surface area (Å²) in [6.45, 7) is 14.6. The number of benzene rings is 3. The van der Waals surface area contributed by atoms with Crippen molar-refractivity contribution in [1.29, 1.82) is 0 Å². The summed E-state index contributed by atoms with van der Waals surface area (Å²) in [6, 6.07) is 21.1. The highest BCUT2D eigenvalue weighted by Gasteiger charge is 2.25. The Labute approximate surface area is 292 Å². The van der Waals surface area contributed by atoms with Crippen molar-refractivity contribution in [3.63, 3.8) is 0 Å². The molecule has 3 aromatic carbocycles. The smallest absolute Gasteiger partial charge is 0.224 e. The Morgan fingerprint density at radius 3 is 2.31 bits per heavy atom. The fourth-order valence-corrected chi connectivity index (χ4v) is 7.76. The number of aryl methyl sites for hydroxylation is 2. The van der Waals surface area contributed by atoms with Gasteiger partial charge in [-0.1, -0.05) is 32.4 Å². The molecule has 0 aliphatic heterocycles. The molecule has 0 saturated heterocycles. The van der Waals surface area contributed by atoms with E-state index in [-0.39, 0.29) is 23.5 Å². The molecule has 0 spiro atoms. The number of imidazole rings is 1. The fourth-order valence-electron chi connectivity index (χ4n) is 5.33. The van der Waals surface area contributed by atoms with Crippen LogP contribution in [0, 0.1) is 6.92 Å². The van der Waals surface area contributed by atoms with Crippen molar-refractivity contribution < 1.29 is 23.4 Å². The Hall–Kier alpha value is -3.28. The lowest BCUT2D eigenvalue weighted by Crippen LogP contribution is -2.19. The summed E-state index contributed by atoms with van der Waals surface area (Å²) < 4.78 is 39.8. The number of nitrogens with zero attached hydrogens (tertiary/aromatic N) is 2. The van der Waals surface area contributed by atoms with Gasteiger partial charge in [-0.25, -0.2) is 4.98 Å². The monoisotopic (exact) mass is 691 g/mol. The summed E-state index contributed by atoms with van der Waals surface area (Å²) in [6.07, 6.45) is 4.16. The van der Waals surface area contributed by atoms with Crippen LogP contribution in [0.15, 0.2) is 82.8 Å². The molecule has 3 atom stereocenters. The molecule has 4 rings (SSSR count). The third-order valence-electron chi connectivity index (χ3n) is 8.17. The Kier molecular flexibility index (Phi) is 14.4. The highest BCUT2D eigenvalue weighted by atomic mass is 32.2. The maximum absolute atomic E-state index is 13.3. The number of anilines is 1. The average molecular weight is 692 g/mol. The number of aromatic nitrogens is 2. The zero-order valence-corrected chi connectivity index (χ0v) is 30.6. The maximum atomic E-state index is 13.3. The van der Waals surface area contributed by atoms with E-state index in [2.05, 4.69) is 23.3 Å². The van der Waals surface area contributed by atoms with Crippen LogP contribution >= 0.6 is 0 Å². The van der Waals surface area contributed by atoms with Gasteiger partial charge in [-0.15, -0.1) is 0 Å². The second kappa shape index (κ2) is 18.5. The molecule has 1 amide bonds. The molecule has 0 radical (unpaired) electrons. The third-order valence-corrected chi connectivity index (χ3v) is 11.2. The van der Waals surface area contributed by atoms with Gasteiger partial charge in [0.05, 0.1) is 24.3 Å². The minimum absolute atomic E-state index is 0.0616. The Morgan fingerprint density at radius 2 is 1.65 bits per heavy atom. The number of rotatable bonds is 18. The molecule has 4 aromatic rings. The van der Waals surface area contributed by atoms with Gasteiger partial charge in [0.2, 0.25) is 5.91 Å². The first-order valence-electron chi connectivity index (χ1n) is 16.8. The van der Waals surface area contributed by atoms with Crippen LogP contribution in [0.25, 0.3) is 11.1 Å². The molecule has 0 aliphatic carbocycles. The zero-order chi connectivity index (χ0) is 34.6. The molecule has 48 heavy (non-hydrogen) atoms. The van der Waals surface area contributed by atoms with Crippen LogP contribution in [0.1, 0.15) is 76.8 Å². The first kappa shape index (κ1) is 37.5. The summed E-state index contributed by atoms with van der Waals surface area (Å²) in [7, 11) is 0. The van der Waals surface area contributed by atoms with Crippen LogP contribution in [-0.4, -0.2) is 49.6 Å². The van der Waals surface area contributed by atoms with Gasteiger partial charge < -0.3 is 28.5 Å². The Balaban J connectivity index is 1.41. The van der Waals surface area contributed by atoms with Crippen LogP contribution in [0.4, 0.5) is 5.69 Å². The first-order chi connectivity index (χ1) is 23.1. The van der Waals surface area contributed by atoms with Gasteiger partial charge in [-0.05, 0) is 128 Å². The van der Waals surface area contributed by atoms with Crippen LogP contribution in [0.2, 0.25) is 0 Å². The molecular formula is C38H49N3O5S2. The normalized spacial score (nSPS) is 13.4. The molecule has 1 aromatic heterocycles. The highest BCUT2D eigenvalue weighted by molar-refractivity contribution is 7.92. The van der Waals surface area contributed by atoms with Gasteiger partial charge in [-0.3, -0.25) is 4.79 Å². The number of ether oxygens (including phenoxy) is 2. The second-order valence-corrected chi connectivity index (χ2v) is 15.6. The van der Waals surface area contributed by atoms with E-state index in [1.54, 1.807) is 30.6 Å². The standard InChI is InChI=1S/C38H49N3O5S2/c1-7-9-20-45-21-22-46-33-15-10-30(11-16-33)31-12-19-37(48(44)27(3)4)35(24-31)28(5)23-38(42)40-32-13-17-34(18-14-32)47(43)25-36-29(6)39-26-41(36)8-2/h10-19,24,26-28H,7-9,20-23,25H2,1-6H3,(H,40,42)/t28?,47-,48?/m0/s1. The van der Waals surface area contributed by atoms with E-state index in [4.69, 9.17) is 9.47 Å². The van der Waals surface area contributed by atoms with Gasteiger partial charge in [-0.2, -0.15) is 0 Å². The second-order valence-electron chi connectivity index (χ2n) is 12.2. The lowest BCUT2D eigenvalue weighted by molar-refractivity contribution is -0.116. The van der Waals surface area contributed by atoms with E-state index in [0.29, 0.717) is 29.5 Å². The third kappa shape index (κ3) is 10.4. The summed E-state index contributed by atoms with van der Waals surface area (Å²) >= 11 is -2.46. The molecule has 0 fully saturated rings. The topological polar surface area (TPSA) is 112 Å². The van der Waals surface area contributed by atoms with Crippen molar-refractivity contribution in [2.75, 3.05) is 25.1 Å². The summed E-state index contributed by atoms with van der Waals surface area (Å²) in [5.41, 5.74) is 5.37. The number of carbonyl (C=O) groups excluding carboxylic acids is 1. The predicted octanol–water partition coefficient (Wildman–Crippen LogP) is 8.03. The van der Waals surface area contributed by atoms with E-state index >= 15 is 0 Å². The van der Waals surface area contributed by atoms with Gasteiger partial charge in [0.1, 0.15) is 17.6 Å². The largest absolute Gasteiger partial charge is 0.611 e. The van der Waals surface area contributed by atoms with Crippen molar-refractivity contribution in [2.45, 2.75) is 94.1 Å². The summed E-state index contributed by atoms with van der Waals surface area (Å²) in [4.78, 5) is 19.0. The maximum Gasteiger partial charge on any atom is 0.224 e. The van der Waals surface area contributed by atoms with Crippen molar-refractivity contribution >= 4 is 33.9 Å². The van der Waals surface area contributed by atoms with Crippen LogP contribution in [-0.2, 0) is 44.2 Å². The molecule has 0 bridgehead atoms. The van der Waals surface area contributed by atoms with E-state index in [1.807, 2.05) is 75.6 Å². The molecular weight excluding hydrogens is 643 g/mol. The quantitative estimate of drug-likeness (QED) is 0.0836. The number of unbranched alkanes of at least 4 members (excludes halogenated alkanes) is 1. The number of nitrogens with one attached hydrogen (secondary N) is 1. The van der Waals surface area contributed by atoms with Crippen LogP contribution in [0.5, 0.6) is 5.75 Å². The summed E-state index contributed by atoms with van der Waals surface area (Å²) in [5, 5.41) is 2.92. The number of amides is 1. The van der Waals surface area contributed by atoms with E-state index < -0.39 is 22.4 Å². The van der Waals surface area contributed by atoms with E-state index in [0.717, 1.165) is 64.7 Å². The minimum atomic E-state index is -1.24. The lowest BCUT2D eigenvalue weighted by atomic mass is 9.93. The van der Waals surface area contributed by atoms with Crippen LogP contribution in [0.3, 0.4) is 0 Å². The van der Waals surface area contributed by atoms with Gasteiger partial charge in [0, 0.05) is 30.8 Å². The van der Waals surface area contributed by atoms with Crippen molar-refractivity contribution in [2.24, 2.45) is 0 Å². The molecule has 0 aliphatic rings. The van der Waals surface area contributed by atoms with Gasteiger partial charge in [0.15, 0.2) is 15.5 Å². The van der Waals surface area contributed by atoms with Crippen LogP contribution < -0.4 is 10.1 Å². The lowest BCUT2D eigenvalue weighted by Gasteiger charge is -2.21. The number of carbonyl (C=O) groups is 1. The molecule has 2 unspecified atom stereocenters. The van der Waals surface area contributed by atoms with Crippen molar-refractivity contribution in [3.05, 3.63) is 90.0 Å². The SMILES string of the molecule is CCCCOCCOc1ccc(-c2ccc([S+]([O-])C(C)C)c(C(C)CC(=O)Nc3ccc([S@@+]([O-])Cc4c(C)ncn4CC)cc3)c2)cc1. The number of hydrogen-bond donors (Lipinski definition) is 1. The highest BCUT2D eigenvalue weighted by Crippen LogP contribution is 2.34. The number of hydrogen-bond acceptors (Lipinski definition) is 6. The molecule has 1 heterocycles. The zero-order valence-electron chi connectivity index (χ0n) is 29.0. The predicted molar refractivity (Wildman–Crippen MR) is 195 cm³/mol. The van der Waals surface area contributed by atoms with E-state index in [9.17, 15) is 13.9 Å². The van der Waals surface area contributed by atoms with Crippen molar-refractivity contribution in [3.8, 4) is 16.9 Å². The molecule has 10 heteroatoms. The van der Waals surface area contributed by atoms with E-state index in [1.165, 1.54) is 0 Å². The van der Waals surface area contributed by atoms with Crippen molar-refractivity contribution in [1.82, 2.24) is 9.55 Å². The molecule has 258 valence electrons. The Morgan fingerprint density at radius 1 is 0.938 bits per heavy atom. The Bertz CT molecular complexity index is 1590. The average Bonchev–Trinajstić information content (AvgIpc) is 3.44. The molecule has 1 N–H and O–H groups in total. The summed E-state index contributed by atoms with van der Waals surface area (Å²) in [5.74, 6) is 0.829. The molecule has 0 saturated carbocycles. The fraction of sp³-hybridized carbons (Fsp3) is 0.421. The van der Waals surface area contributed by atoms with Gasteiger partial charge >= 0.3 is 0 Å². The minimum Gasteiger partial charge on any atom is -0.611 e. The van der Waals surface area contributed by atoms with Gasteiger partial charge in [0.25, 0.3) is 0 Å². The molecule has 8 nitrogen and oxygen atoms in total.